The Balaban J connectivity index is 2.30. The van der Waals surface area contributed by atoms with Crippen molar-refractivity contribution in [3.63, 3.8) is 0 Å². The molecule has 0 amide bonds. The lowest BCUT2D eigenvalue weighted by atomic mass is 10.1. The second-order valence-electron chi connectivity index (χ2n) is 4.12. The first-order valence-corrected chi connectivity index (χ1v) is 7.16. The molecule has 96 valence electrons. The van der Waals surface area contributed by atoms with Crippen LogP contribution in [0.15, 0.2) is 27.4 Å². The molecule has 0 spiro atoms. The van der Waals surface area contributed by atoms with Gasteiger partial charge in [-0.25, -0.2) is 9.37 Å². The van der Waals surface area contributed by atoms with Crippen molar-refractivity contribution < 1.29 is 4.39 Å². The number of halogens is 1. The molecule has 0 radical (unpaired) electrons. The maximum absolute atomic E-state index is 13.9. The number of nitrogens with zero attached hydrogens (tertiary/aromatic N) is 2. The van der Waals surface area contributed by atoms with E-state index < -0.39 is 0 Å². The normalized spacial score (nSPS) is 12.7. The molecule has 0 bridgehead atoms. The average molecular weight is 283 g/mol. The summed E-state index contributed by atoms with van der Waals surface area (Å²) in [7, 11) is 0. The number of rotatable bonds is 4. The number of hydrogen-bond donors (Lipinski definition) is 1. The molecule has 6 heteroatoms. The van der Waals surface area contributed by atoms with Crippen molar-refractivity contribution in [2.45, 2.75) is 35.5 Å². The van der Waals surface area contributed by atoms with Gasteiger partial charge in [0.05, 0.1) is 4.90 Å². The molecule has 3 nitrogen and oxygen atoms in total. The minimum atomic E-state index is -0.231. The summed E-state index contributed by atoms with van der Waals surface area (Å²) in [6, 6.07) is 5.08. The van der Waals surface area contributed by atoms with Crippen molar-refractivity contribution >= 4 is 23.3 Å². The van der Waals surface area contributed by atoms with Gasteiger partial charge in [-0.1, -0.05) is 23.9 Å². The van der Waals surface area contributed by atoms with Crippen LogP contribution in [-0.2, 0) is 6.42 Å². The SMILES string of the molecule is Cc1nsc(Sc2c(F)cccc2CC(C)N)n1. The van der Waals surface area contributed by atoms with Crippen LogP contribution in [0.3, 0.4) is 0 Å². The minimum absolute atomic E-state index is 0.00214. The predicted molar refractivity (Wildman–Crippen MR) is 72.5 cm³/mol. The molecule has 18 heavy (non-hydrogen) atoms. The standard InChI is InChI=1S/C12H14FN3S2/c1-7(14)6-9-4-3-5-10(13)11(9)17-12-15-8(2)16-18-12/h3-5,7H,6,14H2,1-2H3. The van der Waals surface area contributed by atoms with E-state index in [0.29, 0.717) is 17.1 Å². The van der Waals surface area contributed by atoms with Crippen LogP contribution in [0.1, 0.15) is 18.3 Å². The Morgan fingerprint density at radius 3 is 2.89 bits per heavy atom. The fraction of sp³-hybridized carbons (Fsp3) is 0.333. The minimum Gasteiger partial charge on any atom is -0.328 e. The van der Waals surface area contributed by atoms with Crippen LogP contribution >= 0.6 is 23.3 Å². The first-order valence-electron chi connectivity index (χ1n) is 5.57. The van der Waals surface area contributed by atoms with Crippen LogP contribution in [0.5, 0.6) is 0 Å². The molecule has 0 aliphatic carbocycles. The van der Waals surface area contributed by atoms with Crippen molar-refractivity contribution in [2.24, 2.45) is 5.73 Å². The third kappa shape index (κ3) is 3.28. The summed E-state index contributed by atoms with van der Waals surface area (Å²) < 4.78 is 18.7. The largest absolute Gasteiger partial charge is 0.328 e. The number of nitrogens with two attached hydrogens (primary N) is 1. The highest BCUT2D eigenvalue weighted by Gasteiger charge is 2.13. The molecule has 1 atom stereocenters. The molecule has 2 N–H and O–H groups in total. The second kappa shape index (κ2) is 5.77. The van der Waals surface area contributed by atoms with Gasteiger partial charge in [-0.15, -0.1) is 0 Å². The van der Waals surface area contributed by atoms with E-state index >= 15 is 0 Å². The molecule has 1 aromatic heterocycles. The smallest absolute Gasteiger partial charge is 0.174 e. The van der Waals surface area contributed by atoms with Crippen LogP contribution in [0.25, 0.3) is 0 Å². The zero-order valence-electron chi connectivity index (χ0n) is 10.2. The van der Waals surface area contributed by atoms with Gasteiger partial charge in [-0.3, -0.25) is 0 Å². The molecule has 2 rings (SSSR count). The summed E-state index contributed by atoms with van der Waals surface area (Å²) in [5, 5.41) is 0. The molecular formula is C12H14FN3S2. The quantitative estimate of drug-likeness (QED) is 0.937. The van der Waals surface area contributed by atoms with E-state index in [9.17, 15) is 4.39 Å². The van der Waals surface area contributed by atoms with E-state index in [1.54, 1.807) is 6.07 Å². The van der Waals surface area contributed by atoms with Gasteiger partial charge in [0.2, 0.25) is 0 Å². The lowest BCUT2D eigenvalue weighted by Gasteiger charge is -2.10. The topological polar surface area (TPSA) is 51.8 Å². The Morgan fingerprint density at radius 2 is 2.28 bits per heavy atom. The van der Waals surface area contributed by atoms with Gasteiger partial charge in [0, 0.05) is 6.04 Å². The zero-order chi connectivity index (χ0) is 13.1. The van der Waals surface area contributed by atoms with E-state index in [1.807, 2.05) is 19.9 Å². The van der Waals surface area contributed by atoms with Gasteiger partial charge in [0.25, 0.3) is 0 Å². The summed E-state index contributed by atoms with van der Waals surface area (Å²) in [6.07, 6.45) is 0.651. The van der Waals surface area contributed by atoms with E-state index in [1.165, 1.54) is 29.4 Å². The Hall–Kier alpha value is -0.980. The van der Waals surface area contributed by atoms with E-state index in [0.717, 1.165) is 9.90 Å². The van der Waals surface area contributed by atoms with Crippen LogP contribution in [0.2, 0.25) is 0 Å². The summed E-state index contributed by atoms with van der Waals surface area (Å²) >= 11 is 2.60. The second-order valence-corrected chi connectivity index (χ2v) is 6.13. The zero-order valence-corrected chi connectivity index (χ0v) is 11.8. The van der Waals surface area contributed by atoms with Crippen molar-refractivity contribution in [1.29, 1.82) is 0 Å². The summed E-state index contributed by atoms with van der Waals surface area (Å²) in [4.78, 5) is 4.84. The average Bonchev–Trinajstić information content (AvgIpc) is 2.68. The Kier molecular flexibility index (Phi) is 4.31. The van der Waals surface area contributed by atoms with Crippen molar-refractivity contribution in [3.05, 3.63) is 35.4 Å². The van der Waals surface area contributed by atoms with Gasteiger partial charge in [0.1, 0.15) is 11.6 Å². The Bertz CT molecular complexity index is 540. The molecule has 0 saturated heterocycles. The predicted octanol–water partition coefficient (Wildman–Crippen LogP) is 3.03. The number of benzene rings is 1. The Labute approximate surface area is 114 Å². The van der Waals surface area contributed by atoms with Crippen LogP contribution in [0.4, 0.5) is 4.39 Å². The first kappa shape index (κ1) is 13.5. The maximum atomic E-state index is 13.9. The van der Waals surface area contributed by atoms with E-state index in [2.05, 4.69) is 9.36 Å². The van der Waals surface area contributed by atoms with Gasteiger partial charge in [-0.05, 0) is 43.4 Å². The number of hydrogen-bond acceptors (Lipinski definition) is 5. The van der Waals surface area contributed by atoms with Crippen LogP contribution in [-0.4, -0.2) is 15.4 Å². The molecule has 0 aliphatic heterocycles. The first-order chi connectivity index (χ1) is 8.56. The van der Waals surface area contributed by atoms with Crippen LogP contribution < -0.4 is 5.73 Å². The molecule has 0 saturated carbocycles. The highest BCUT2D eigenvalue weighted by molar-refractivity contribution is 8.01. The monoisotopic (exact) mass is 283 g/mol. The molecule has 1 unspecified atom stereocenters. The molecule has 0 aliphatic rings. The van der Waals surface area contributed by atoms with Crippen molar-refractivity contribution in [3.8, 4) is 0 Å². The lowest BCUT2D eigenvalue weighted by molar-refractivity contribution is 0.592. The number of aryl methyl sites for hydroxylation is 1. The van der Waals surface area contributed by atoms with Gasteiger partial charge in [0.15, 0.2) is 4.34 Å². The highest BCUT2D eigenvalue weighted by atomic mass is 32.2. The highest BCUT2D eigenvalue weighted by Crippen LogP contribution is 2.34. The summed E-state index contributed by atoms with van der Waals surface area (Å²) in [6.45, 7) is 3.74. The fourth-order valence-electron chi connectivity index (χ4n) is 1.58. The molecule has 2 aromatic rings. The van der Waals surface area contributed by atoms with Crippen LogP contribution in [0, 0.1) is 12.7 Å². The summed E-state index contributed by atoms with van der Waals surface area (Å²) in [5.41, 5.74) is 6.70. The molecule has 1 heterocycles. The fourth-order valence-corrected chi connectivity index (χ4v) is 3.32. The molecule has 1 aromatic carbocycles. The molecule has 0 fully saturated rings. The van der Waals surface area contributed by atoms with Crippen molar-refractivity contribution in [2.75, 3.05) is 0 Å². The summed E-state index contributed by atoms with van der Waals surface area (Å²) in [5.74, 6) is 0.485. The lowest BCUT2D eigenvalue weighted by Crippen LogP contribution is -2.18. The van der Waals surface area contributed by atoms with E-state index in [-0.39, 0.29) is 11.9 Å². The van der Waals surface area contributed by atoms with Gasteiger partial charge >= 0.3 is 0 Å². The third-order valence-corrected chi connectivity index (χ3v) is 4.29. The van der Waals surface area contributed by atoms with Gasteiger partial charge < -0.3 is 5.73 Å². The van der Waals surface area contributed by atoms with Gasteiger partial charge in [-0.2, -0.15) is 4.37 Å². The number of aromatic nitrogens is 2. The third-order valence-electron chi connectivity index (χ3n) is 2.29. The Morgan fingerprint density at radius 1 is 1.50 bits per heavy atom. The van der Waals surface area contributed by atoms with E-state index in [4.69, 9.17) is 5.73 Å². The maximum Gasteiger partial charge on any atom is 0.174 e. The van der Waals surface area contributed by atoms with Crippen molar-refractivity contribution in [1.82, 2.24) is 9.36 Å². The molecular weight excluding hydrogens is 269 g/mol.